The van der Waals surface area contributed by atoms with E-state index in [0.29, 0.717) is 17.3 Å². The zero-order valence-electron chi connectivity index (χ0n) is 16.4. The Morgan fingerprint density at radius 1 is 1.36 bits per heavy atom. The molecule has 7 heteroatoms. The van der Waals surface area contributed by atoms with Crippen LogP contribution in [0.3, 0.4) is 0 Å². The molecule has 0 saturated carbocycles. The van der Waals surface area contributed by atoms with E-state index >= 15 is 0 Å². The van der Waals surface area contributed by atoms with Crippen LogP contribution in [-0.4, -0.2) is 39.8 Å². The summed E-state index contributed by atoms with van der Waals surface area (Å²) in [5, 5.41) is 8.78. The van der Waals surface area contributed by atoms with Crippen molar-refractivity contribution in [1.29, 1.82) is 0 Å². The molecule has 0 spiro atoms. The van der Waals surface area contributed by atoms with Crippen molar-refractivity contribution in [2.45, 2.75) is 58.3 Å². The molecule has 2 atom stereocenters. The van der Waals surface area contributed by atoms with Gasteiger partial charge in [-0.15, -0.1) is 0 Å². The van der Waals surface area contributed by atoms with E-state index in [1.165, 1.54) is 0 Å². The third kappa shape index (κ3) is 3.51. The molecule has 2 aromatic rings. The van der Waals surface area contributed by atoms with Crippen molar-refractivity contribution >= 4 is 23.2 Å². The van der Waals surface area contributed by atoms with Gasteiger partial charge in [0.25, 0.3) is 5.91 Å². The van der Waals surface area contributed by atoms with Crippen LogP contribution in [0.1, 0.15) is 60.4 Å². The summed E-state index contributed by atoms with van der Waals surface area (Å²) in [5.41, 5.74) is 3.24. The van der Waals surface area contributed by atoms with E-state index < -0.39 is 0 Å². The molecule has 0 aliphatic carbocycles. The van der Waals surface area contributed by atoms with Gasteiger partial charge in [-0.3, -0.25) is 9.48 Å². The number of benzene rings is 1. The number of carbonyl (C=O) groups excluding carboxylic acids is 1. The zero-order chi connectivity index (χ0) is 19.7. The predicted molar refractivity (Wildman–Crippen MR) is 110 cm³/mol. The molecular formula is C21H27ClN4O2. The standard InChI is InChI=1S/C21H27ClN4O2/c1-3-4-11-26-19(22)18(14(2)24-26)20-23-17-10-6-5-9-16(17)21(27)25(20)13-15-8-7-12-28-15/h5-6,9-10,15,20,23H,3-4,7-8,11-13H2,1-2H3/t15-,20-/m0/s1. The number of halogens is 1. The topological polar surface area (TPSA) is 59.4 Å². The highest BCUT2D eigenvalue weighted by Crippen LogP contribution is 2.38. The minimum absolute atomic E-state index is 0.00613. The van der Waals surface area contributed by atoms with Crippen molar-refractivity contribution in [1.82, 2.24) is 14.7 Å². The molecule has 2 aliphatic heterocycles. The summed E-state index contributed by atoms with van der Waals surface area (Å²) in [6.45, 7) is 6.18. The molecule has 0 unspecified atom stereocenters. The van der Waals surface area contributed by atoms with Gasteiger partial charge >= 0.3 is 0 Å². The van der Waals surface area contributed by atoms with Crippen LogP contribution >= 0.6 is 11.6 Å². The molecule has 0 bridgehead atoms. The summed E-state index contributed by atoms with van der Waals surface area (Å²) < 4.78 is 7.67. The normalized spacial score (nSPS) is 21.7. The third-order valence-corrected chi connectivity index (χ3v) is 5.95. The number of aromatic nitrogens is 2. The molecule has 3 heterocycles. The Balaban J connectivity index is 1.72. The summed E-state index contributed by atoms with van der Waals surface area (Å²) in [4.78, 5) is 15.2. The van der Waals surface area contributed by atoms with Gasteiger partial charge in [0.15, 0.2) is 0 Å². The average molecular weight is 403 g/mol. The molecule has 6 nitrogen and oxygen atoms in total. The number of unbranched alkanes of at least 4 members (excludes halogenated alkanes) is 1. The van der Waals surface area contributed by atoms with Crippen LogP contribution in [0.4, 0.5) is 5.69 Å². The van der Waals surface area contributed by atoms with Crippen molar-refractivity contribution < 1.29 is 9.53 Å². The molecule has 1 aromatic carbocycles. The maximum absolute atomic E-state index is 13.3. The minimum atomic E-state index is -0.352. The molecule has 1 amide bonds. The van der Waals surface area contributed by atoms with E-state index in [2.05, 4.69) is 17.3 Å². The smallest absolute Gasteiger partial charge is 0.257 e. The van der Waals surface area contributed by atoms with Crippen molar-refractivity contribution in [3.8, 4) is 0 Å². The Bertz CT molecular complexity index is 860. The first-order valence-electron chi connectivity index (χ1n) is 10.1. The van der Waals surface area contributed by atoms with Crippen molar-refractivity contribution in [3.63, 3.8) is 0 Å². The first kappa shape index (κ1) is 19.3. The summed E-state index contributed by atoms with van der Waals surface area (Å²) in [7, 11) is 0. The summed E-state index contributed by atoms with van der Waals surface area (Å²) in [6, 6.07) is 7.63. The fourth-order valence-corrected chi connectivity index (χ4v) is 4.41. The van der Waals surface area contributed by atoms with Crippen LogP contribution < -0.4 is 5.32 Å². The van der Waals surface area contributed by atoms with Crippen molar-refractivity contribution in [2.75, 3.05) is 18.5 Å². The lowest BCUT2D eigenvalue weighted by molar-refractivity contribution is 0.0426. The highest BCUT2D eigenvalue weighted by molar-refractivity contribution is 6.30. The van der Waals surface area contributed by atoms with E-state index in [1.54, 1.807) is 0 Å². The van der Waals surface area contributed by atoms with Gasteiger partial charge in [-0.25, -0.2) is 0 Å². The van der Waals surface area contributed by atoms with E-state index in [-0.39, 0.29) is 18.2 Å². The first-order chi connectivity index (χ1) is 13.6. The van der Waals surface area contributed by atoms with E-state index in [4.69, 9.17) is 16.3 Å². The molecule has 1 aromatic heterocycles. The maximum Gasteiger partial charge on any atom is 0.257 e. The highest BCUT2D eigenvalue weighted by atomic mass is 35.5. The Morgan fingerprint density at radius 2 is 2.18 bits per heavy atom. The summed E-state index contributed by atoms with van der Waals surface area (Å²) >= 11 is 6.75. The van der Waals surface area contributed by atoms with Crippen molar-refractivity contribution in [2.24, 2.45) is 0 Å². The molecule has 1 N–H and O–H groups in total. The molecule has 150 valence electrons. The van der Waals surface area contributed by atoms with Gasteiger partial charge in [0.1, 0.15) is 11.3 Å². The second kappa shape index (κ2) is 8.13. The number of amides is 1. The lowest BCUT2D eigenvalue weighted by atomic mass is 10.0. The van der Waals surface area contributed by atoms with Gasteiger partial charge in [0.05, 0.1) is 22.9 Å². The summed E-state index contributed by atoms with van der Waals surface area (Å²) in [5.74, 6) is 0.00613. The molecule has 28 heavy (non-hydrogen) atoms. The van der Waals surface area contributed by atoms with Crippen LogP contribution in [0.2, 0.25) is 5.15 Å². The molecule has 1 saturated heterocycles. The number of hydrogen-bond donors (Lipinski definition) is 1. The van der Waals surface area contributed by atoms with E-state index in [0.717, 1.165) is 55.8 Å². The Morgan fingerprint density at radius 3 is 2.93 bits per heavy atom. The number of nitrogens with one attached hydrogen (secondary N) is 1. The van der Waals surface area contributed by atoms with Gasteiger partial charge < -0.3 is 15.0 Å². The molecule has 0 radical (unpaired) electrons. The Kier molecular flexibility index (Phi) is 5.60. The quantitative estimate of drug-likeness (QED) is 0.778. The van der Waals surface area contributed by atoms with Crippen LogP contribution in [0.25, 0.3) is 0 Å². The lowest BCUT2D eigenvalue weighted by Gasteiger charge is -2.39. The maximum atomic E-state index is 13.3. The zero-order valence-corrected chi connectivity index (χ0v) is 17.2. The highest BCUT2D eigenvalue weighted by Gasteiger charge is 2.38. The van der Waals surface area contributed by atoms with E-state index in [9.17, 15) is 4.79 Å². The fourth-order valence-electron chi connectivity index (χ4n) is 4.05. The number of para-hydroxylation sites is 1. The number of aryl methyl sites for hydroxylation is 2. The van der Waals surface area contributed by atoms with Gasteiger partial charge in [-0.1, -0.05) is 37.1 Å². The second-order valence-electron chi connectivity index (χ2n) is 7.55. The Labute approximate surface area is 170 Å². The van der Waals surface area contributed by atoms with Crippen LogP contribution in [-0.2, 0) is 11.3 Å². The number of nitrogens with zero attached hydrogens (tertiary/aromatic N) is 3. The van der Waals surface area contributed by atoms with Crippen molar-refractivity contribution in [3.05, 3.63) is 46.2 Å². The van der Waals surface area contributed by atoms with E-state index in [1.807, 2.05) is 40.8 Å². The SMILES string of the molecule is CCCCn1nc(C)c([C@H]2Nc3ccccc3C(=O)N2C[C@@H]2CCCO2)c1Cl. The number of rotatable bonds is 6. The van der Waals surface area contributed by atoms with Gasteiger partial charge in [0.2, 0.25) is 0 Å². The second-order valence-corrected chi connectivity index (χ2v) is 7.91. The number of ether oxygens (including phenoxy) is 1. The number of fused-ring (bicyclic) bond motifs is 1. The molecule has 1 fully saturated rings. The van der Waals surface area contributed by atoms with Gasteiger partial charge in [-0.2, -0.15) is 5.10 Å². The predicted octanol–water partition coefficient (Wildman–Crippen LogP) is 4.39. The van der Waals surface area contributed by atoms with Crippen LogP contribution in [0.5, 0.6) is 0 Å². The monoisotopic (exact) mass is 402 g/mol. The number of anilines is 1. The average Bonchev–Trinajstić information content (AvgIpc) is 3.30. The molecule has 2 aliphatic rings. The largest absolute Gasteiger partial charge is 0.376 e. The number of carbonyl (C=O) groups is 1. The van der Waals surface area contributed by atoms with Crippen LogP contribution in [0.15, 0.2) is 24.3 Å². The minimum Gasteiger partial charge on any atom is -0.376 e. The Hall–Kier alpha value is -2.05. The third-order valence-electron chi connectivity index (χ3n) is 5.55. The lowest BCUT2D eigenvalue weighted by Crippen LogP contribution is -2.46. The fraction of sp³-hybridized carbons (Fsp3) is 0.524. The van der Waals surface area contributed by atoms with Crippen LogP contribution in [0, 0.1) is 6.92 Å². The first-order valence-corrected chi connectivity index (χ1v) is 10.5. The van der Waals surface area contributed by atoms with Gasteiger partial charge in [0, 0.05) is 25.4 Å². The molecular weight excluding hydrogens is 376 g/mol. The molecule has 4 rings (SSSR count). The number of hydrogen-bond acceptors (Lipinski definition) is 4. The van der Waals surface area contributed by atoms with Gasteiger partial charge in [-0.05, 0) is 38.3 Å². The summed E-state index contributed by atoms with van der Waals surface area (Å²) in [6.07, 6.45) is 3.81.